The molecule has 10 nitrogen and oxygen atoms in total. The van der Waals surface area contributed by atoms with Gasteiger partial charge in [-0.1, -0.05) is 6.07 Å². The Morgan fingerprint density at radius 3 is 2.92 bits per heavy atom. The van der Waals surface area contributed by atoms with Gasteiger partial charge in [0.2, 0.25) is 5.95 Å². The van der Waals surface area contributed by atoms with Gasteiger partial charge in [-0.05, 0) is 6.07 Å². The number of nitrogens with one attached hydrogen (secondary N) is 2. The van der Waals surface area contributed by atoms with Gasteiger partial charge in [0.05, 0.1) is 24.5 Å². The van der Waals surface area contributed by atoms with Gasteiger partial charge in [-0.2, -0.15) is 9.97 Å². The topological polar surface area (TPSA) is 122 Å². The first kappa shape index (κ1) is 15.3. The largest absolute Gasteiger partial charge is 0.378 e. The molecule has 3 aromatic rings. The molecule has 2 N–H and O–H groups in total. The van der Waals surface area contributed by atoms with Crippen LogP contribution in [0.5, 0.6) is 0 Å². The number of benzene rings is 1. The summed E-state index contributed by atoms with van der Waals surface area (Å²) in [5, 5.41) is 14.1. The predicted molar refractivity (Wildman–Crippen MR) is 91.1 cm³/mol. The number of nitro groups is 1. The molecule has 1 aromatic carbocycles. The summed E-state index contributed by atoms with van der Waals surface area (Å²) in [5.41, 5.74) is 1.75. The van der Waals surface area contributed by atoms with Gasteiger partial charge in [-0.15, -0.1) is 0 Å². The quantitative estimate of drug-likeness (QED) is 0.544. The first-order chi connectivity index (χ1) is 12.2. The number of imidazole rings is 1. The number of morpholine rings is 1. The summed E-state index contributed by atoms with van der Waals surface area (Å²) in [4.78, 5) is 28.8. The number of hydrogen-bond donors (Lipinski definition) is 2. The summed E-state index contributed by atoms with van der Waals surface area (Å²) < 4.78 is 5.36. The number of non-ortho nitro benzene ring substituents is 1. The number of aromatic nitrogens is 4. The fourth-order valence-corrected chi connectivity index (χ4v) is 2.65. The monoisotopic (exact) mass is 341 g/mol. The maximum atomic E-state index is 11.0. The molecule has 128 valence electrons. The van der Waals surface area contributed by atoms with Crippen LogP contribution in [0.4, 0.5) is 23.1 Å². The number of H-pyrrole nitrogens is 1. The number of nitrogens with zero attached hydrogens (tertiary/aromatic N) is 5. The maximum absolute atomic E-state index is 11.0. The lowest BCUT2D eigenvalue weighted by atomic mass is 10.3. The van der Waals surface area contributed by atoms with Gasteiger partial charge in [0.15, 0.2) is 11.5 Å². The Labute approximate surface area is 142 Å². The van der Waals surface area contributed by atoms with Crippen molar-refractivity contribution < 1.29 is 9.66 Å². The molecule has 0 amide bonds. The molecule has 10 heteroatoms. The molecular formula is C15H15N7O3. The molecule has 0 bridgehead atoms. The van der Waals surface area contributed by atoms with Gasteiger partial charge in [0.1, 0.15) is 5.52 Å². The van der Waals surface area contributed by atoms with Crippen LogP contribution in [0.1, 0.15) is 0 Å². The highest BCUT2D eigenvalue weighted by Crippen LogP contribution is 2.26. The molecule has 2 aromatic heterocycles. The molecule has 1 fully saturated rings. The Bertz CT molecular complexity index is 920. The zero-order valence-electron chi connectivity index (χ0n) is 13.2. The van der Waals surface area contributed by atoms with Crippen LogP contribution in [-0.4, -0.2) is 51.2 Å². The number of fused-ring (bicyclic) bond motifs is 1. The number of rotatable bonds is 4. The lowest BCUT2D eigenvalue weighted by molar-refractivity contribution is -0.384. The van der Waals surface area contributed by atoms with Crippen molar-refractivity contribution in [1.82, 2.24) is 19.9 Å². The number of ether oxygens (including phenoxy) is 1. The summed E-state index contributed by atoms with van der Waals surface area (Å²) >= 11 is 0. The minimum Gasteiger partial charge on any atom is -0.378 e. The van der Waals surface area contributed by atoms with Gasteiger partial charge in [-0.3, -0.25) is 10.1 Å². The van der Waals surface area contributed by atoms with E-state index in [0.29, 0.717) is 54.9 Å². The van der Waals surface area contributed by atoms with E-state index in [1.807, 2.05) is 4.90 Å². The highest BCUT2D eigenvalue weighted by Gasteiger charge is 2.18. The third-order valence-corrected chi connectivity index (χ3v) is 3.89. The highest BCUT2D eigenvalue weighted by atomic mass is 16.6. The van der Waals surface area contributed by atoms with E-state index in [0.717, 1.165) is 0 Å². The summed E-state index contributed by atoms with van der Waals surface area (Å²) in [5.74, 6) is 1.07. The molecule has 1 aliphatic heterocycles. The average molecular weight is 341 g/mol. The van der Waals surface area contributed by atoms with Gasteiger partial charge in [-0.25, -0.2) is 4.98 Å². The normalized spacial score (nSPS) is 14.6. The van der Waals surface area contributed by atoms with Gasteiger partial charge >= 0.3 is 0 Å². The molecule has 0 atom stereocenters. The first-order valence-electron chi connectivity index (χ1n) is 7.76. The number of aromatic amines is 1. The number of anilines is 3. The van der Waals surface area contributed by atoms with E-state index < -0.39 is 4.92 Å². The van der Waals surface area contributed by atoms with Crippen molar-refractivity contribution >= 4 is 34.3 Å². The third-order valence-electron chi connectivity index (χ3n) is 3.89. The van der Waals surface area contributed by atoms with Crippen LogP contribution < -0.4 is 10.2 Å². The SMILES string of the molecule is O=[N+]([O-])c1cccc(Nc2nc(N3CCOCC3)nc3nc[nH]c23)c1. The molecular weight excluding hydrogens is 326 g/mol. The molecule has 0 aliphatic carbocycles. The van der Waals surface area contributed by atoms with E-state index in [1.54, 1.807) is 18.5 Å². The Hall–Kier alpha value is -3.27. The van der Waals surface area contributed by atoms with Crippen molar-refractivity contribution in [2.45, 2.75) is 0 Å². The lowest BCUT2D eigenvalue weighted by Gasteiger charge is -2.26. The van der Waals surface area contributed by atoms with Crippen molar-refractivity contribution in [1.29, 1.82) is 0 Å². The van der Waals surface area contributed by atoms with E-state index in [9.17, 15) is 10.1 Å². The molecule has 1 aliphatic rings. The minimum absolute atomic E-state index is 0.00770. The fraction of sp³-hybridized carbons (Fsp3) is 0.267. The van der Waals surface area contributed by atoms with Crippen LogP contribution in [0.2, 0.25) is 0 Å². The van der Waals surface area contributed by atoms with Crippen molar-refractivity contribution in [2.24, 2.45) is 0 Å². The highest BCUT2D eigenvalue weighted by molar-refractivity contribution is 5.86. The first-order valence-corrected chi connectivity index (χ1v) is 7.76. The van der Waals surface area contributed by atoms with E-state index in [-0.39, 0.29) is 5.69 Å². The van der Waals surface area contributed by atoms with Crippen LogP contribution in [0.3, 0.4) is 0 Å². The second-order valence-electron chi connectivity index (χ2n) is 5.51. The molecule has 3 heterocycles. The Kier molecular flexibility index (Phi) is 3.86. The summed E-state index contributed by atoms with van der Waals surface area (Å²) in [6.45, 7) is 2.64. The van der Waals surface area contributed by atoms with Crippen molar-refractivity contribution in [3.8, 4) is 0 Å². The number of hydrogen-bond acceptors (Lipinski definition) is 8. The molecule has 0 spiro atoms. The standard InChI is InChI=1S/C15H15N7O3/c23-22(24)11-3-1-2-10(8-11)18-14-12-13(17-9-16-12)19-15(20-14)21-4-6-25-7-5-21/h1-3,8-9H,4-7H2,(H2,16,17,18,19,20). The smallest absolute Gasteiger partial charge is 0.271 e. The van der Waals surface area contributed by atoms with Crippen LogP contribution in [0, 0.1) is 10.1 Å². The van der Waals surface area contributed by atoms with Crippen molar-refractivity contribution in [3.63, 3.8) is 0 Å². The summed E-state index contributed by atoms with van der Waals surface area (Å²) in [6, 6.07) is 6.26. The second-order valence-corrected chi connectivity index (χ2v) is 5.51. The number of nitro benzene ring substituents is 1. The van der Waals surface area contributed by atoms with Crippen LogP contribution in [0.25, 0.3) is 11.2 Å². The van der Waals surface area contributed by atoms with Crippen LogP contribution in [-0.2, 0) is 4.74 Å². The zero-order chi connectivity index (χ0) is 17.2. The van der Waals surface area contributed by atoms with E-state index in [2.05, 4.69) is 25.3 Å². The van der Waals surface area contributed by atoms with Crippen molar-refractivity contribution in [2.75, 3.05) is 36.5 Å². The molecule has 4 rings (SSSR count). The fourth-order valence-electron chi connectivity index (χ4n) is 2.65. The van der Waals surface area contributed by atoms with Gasteiger partial charge in [0, 0.05) is 30.9 Å². The Morgan fingerprint density at radius 1 is 1.28 bits per heavy atom. The Morgan fingerprint density at radius 2 is 2.12 bits per heavy atom. The van der Waals surface area contributed by atoms with Gasteiger partial charge in [0.25, 0.3) is 5.69 Å². The molecule has 0 unspecified atom stereocenters. The summed E-state index contributed by atoms with van der Waals surface area (Å²) in [7, 11) is 0. The summed E-state index contributed by atoms with van der Waals surface area (Å²) in [6.07, 6.45) is 1.54. The second kappa shape index (κ2) is 6.32. The van der Waals surface area contributed by atoms with Crippen molar-refractivity contribution in [3.05, 3.63) is 40.7 Å². The van der Waals surface area contributed by atoms with Gasteiger partial charge < -0.3 is 19.9 Å². The van der Waals surface area contributed by atoms with E-state index in [4.69, 9.17) is 4.74 Å². The van der Waals surface area contributed by atoms with E-state index >= 15 is 0 Å². The van der Waals surface area contributed by atoms with Crippen LogP contribution >= 0.6 is 0 Å². The average Bonchev–Trinajstić information content (AvgIpc) is 3.11. The predicted octanol–water partition coefficient (Wildman–Crippen LogP) is 1.84. The minimum atomic E-state index is -0.434. The molecule has 1 saturated heterocycles. The lowest BCUT2D eigenvalue weighted by Crippen LogP contribution is -2.37. The van der Waals surface area contributed by atoms with Crippen LogP contribution in [0.15, 0.2) is 30.6 Å². The maximum Gasteiger partial charge on any atom is 0.271 e. The molecule has 25 heavy (non-hydrogen) atoms. The molecule has 0 saturated carbocycles. The molecule has 0 radical (unpaired) electrons. The Balaban J connectivity index is 1.71. The zero-order valence-corrected chi connectivity index (χ0v) is 13.2. The van der Waals surface area contributed by atoms with E-state index in [1.165, 1.54) is 12.1 Å². The third kappa shape index (κ3) is 3.06.